The molecule has 0 spiro atoms. The fraction of sp³-hybridized carbons (Fsp3) is 0.200. The number of hydrazine groups is 1. The van der Waals surface area contributed by atoms with Crippen LogP contribution in [0.5, 0.6) is 23.0 Å². The molecule has 0 aromatic heterocycles. The molecule has 36 heavy (non-hydrogen) atoms. The maximum Gasteiger partial charge on any atom is 0.255 e. The van der Waals surface area contributed by atoms with Crippen molar-refractivity contribution in [3.63, 3.8) is 0 Å². The third kappa shape index (κ3) is 6.10. The smallest absolute Gasteiger partial charge is 0.255 e. The van der Waals surface area contributed by atoms with Gasteiger partial charge >= 0.3 is 0 Å². The average Bonchev–Trinajstić information content (AvgIpc) is 3.12. The predicted molar refractivity (Wildman–Crippen MR) is 148 cm³/mol. The molecule has 1 amide bonds. The van der Waals surface area contributed by atoms with Crippen LogP contribution in [-0.4, -0.2) is 33.0 Å². The fourth-order valence-electron chi connectivity index (χ4n) is 3.48. The number of carbonyl (C=O) groups is 1. The Hall–Kier alpha value is -2.85. The SMILES string of the molecule is CCOc1cc([C@@H]2S[C@H](C)C(=O)N2NC(=S)Nc2ccc(Oc3ccc(Cl)cc3)c(Cl)c2)ccc1O. The number of aromatic hydroxyl groups is 1. The van der Waals surface area contributed by atoms with E-state index in [1.165, 1.54) is 16.8 Å². The monoisotopic (exact) mass is 563 g/mol. The number of rotatable bonds is 7. The highest BCUT2D eigenvalue weighted by Gasteiger charge is 2.39. The molecule has 11 heteroatoms. The van der Waals surface area contributed by atoms with Gasteiger partial charge in [0.15, 0.2) is 16.6 Å². The first-order chi connectivity index (χ1) is 17.2. The summed E-state index contributed by atoms with van der Waals surface area (Å²) in [4.78, 5) is 12.9. The number of benzene rings is 3. The van der Waals surface area contributed by atoms with Gasteiger partial charge in [0.05, 0.1) is 16.9 Å². The van der Waals surface area contributed by atoms with Crippen LogP contribution in [0.3, 0.4) is 0 Å². The Bertz CT molecular complexity index is 1280. The van der Waals surface area contributed by atoms with Crippen LogP contribution in [0.1, 0.15) is 24.8 Å². The lowest BCUT2D eigenvalue weighted by atomic mass is 10.2. The number of hydrogen-bond acceptors (Lipinski definition) is 6. The van der Waals surface area contributed by atoms with E-state index in [1.807, 2.05) is 13.8 Å². The van der Waals surface area contributed by atoms with E-state index in [2.05, 4.69) is 10.7 Å². The van der Waals surface area contributed by atoms with E-state index in [9.17, 15) is 9.90 Å². The van der Waals surface area contributed by atoms with E-state index in [0.29, 0.717) is 39.6 Å². The molecule has 0 aliphatic carbocycles. The molecule has 0 saturated carbocycles. The van der Waals surface area contributed by atoms with Crippen LogP contribution in [0.15, 0.2) is 60.7 Å². The van der Waals surface area contributed by atoms with Crippen LogP contribution in [0.4, 0.5) is 5.69 Å². The lowest BCUT2D eigenvalue weighted by molar-refractivity contribution is -0.131. The number of halogens is 2. The molecule has 3 aromatic carbocycles. The van der Waals surface area contributed by atoms with Crippen molar-refractivity contribution in [2.45, 2.75) is 24.5 Å². The summed E-state index contributed by atoms with van der Waals surface area (Å²) in [5.74, 6) is 1.36. The highest BCUT2D eigenvalue weighted by atomic mass is 35.5. The molecule has 3 aromatic rings. The van der Waals surface area contributed by atoms with Gasteiger partial charge in [-0.3, -0.25) is 10.2 Å². The number of thiocarbonyl (C=S) groups is 1. The Labute approximate surface area is 228 Å². The summed E-state index contributed by atoms with van der Waals surface area (Å²) in [6.07, 6.45) is 0. The largest absolute Gasteiger partial charge is 0.504 e. The highest BCUT2D eigenvalue weighted by molar-refractivity contribution is 8.01. The summed E-state index contributed by atoms with van der Waals surface area (Å²) in [7, 11) is 0. The molecule has 7 nitrogen and oxygen atoms in total. The first kappa shape index (κ1) is 26.2. The quantitative estimate of drug-likeness (QED) is 0.272. The van der Waals surface area contributed by atoms with Gasteiger partial charge in [-0.25, -0.2) is 5.01 Å². The van der Waals surface area contributed by atoms with Gasteiger partial charge in [0.1, 0.15) is 16.9 Å². The van der Waals surface area contributed by atoms with E-state index in [0.717, 1.165) is 5.56 Å². The third-order valence-corrected chi connectivity index (χ3v) is 7.27. The molecule has 1 aliphatic rings. The summed E-state index contributed by atoms with van der Waals surface area (Å²) in [6, 6.07) is 17.1. The molecule has 0 bridgehead atoms. The topological polar surface area (TPSA) is 83.1 Å². The Morgan fingerprint density at radius 1 is 1.11 bits per heavy atom. The van der Waals surface area contributed by atoms with Crippen molar-refractivity contribution in [1.29, 1.82) is 0 Å². The van der Waals surface area contributed by atoms with Crippen molar-refractivity contribution in [2.75, 3.05) is 11.9 Å². The molecule has 3 N–H and O–H groups in total. The molecular formula is C25H23Cl2N3O4S2. The molecule has 1 saturated heterocycles. The van der Waals surface area contributed by atoms with Gasteiger partial charge in [-0.15, -0.1) is 11.8 Å². The van der Waals surface area contributed by atoms with E-state index < -0.39 is 0 Å². The van der Waals surface area contributed by atoms with Gasteiger partial charge in [-0.05, 0) is 86.2 Å². The van der Waals surface area contributed by atoms with E-state index in [4.69, 9.17) is 44.9 Å². The maximum atomic E-state index is 12.9. The van der Waals surface area contributed by atoms with Crippen LogP contribution < -0.4 is 20.2 Å². The lowest BCUT2D eigenvalue weighted by Crippen LogP contribution is -2.47. The average molecular weight is 565 g/mol. The molecule has 4 rings (SSSR count). The van der Waals surface area contributed by atoms with Crippen LogP contribution >= 0.6 is 47.2 Å². The van der Waals surface area contributed by atoms with Crippen molar-refractivity contribution in [3.05, 3.63) is 76.3 Å². The van der Waals surface area contributed by atoms with E-state index in [1.54, 1.807) is 60.7 Å². The van der Waals surface area contributed by atoms with Crippen molar-refractivity contribution < 1.29 is 19.4 Å². The van der Waals surface area contributed by atoms with Crippen LogP contribution in [0, 0.1) is 0 Å². The van der Waals surface area contributed by atoms with Crippen molar-refractivity contribution in [3.8, 4) is 23.0 Å². The van der Waals surface area contributed by atoms with Gasteiger partial charge in [-0.2, -0.15) is 0 Å². The standard InChI is InChI=1S/C25H23Cl2N3O4S2/c1-3-33-22-12-15(4-10-20(22)31)24-30(23(32)14(2)36-24)29-25(35)28-17-7-11-21(19(27)13-17)34-18-8-5-16(26)6-9-18/h4-14,24,31H,3H2,1-2H3,(H2,28,29,35)/t14-,24+/m1/s1. The molecule has 188 valence electrons. The Morgan fingerprint density at radius 3 is 2.56 bits per heavy atom. The van der Waals surface area contributed by atoms with Gasteiger partial charge in [0.25, 0.3) is 5.91 Å². The van der Waals surface area contributed by atoms with Crippen molar-refractivity contribution in [1.82, 2.24) is 10.4 Å². The summed E-state index contributed by atoms with van der Waals surface area (Å²) in [5, 5.41) is 15.1. The lowest BCUT2D eigenvalue weighted by Gasteiger charge is -2.26. The number of phenolic OH excluding ortho intramolecular Hbond substituents is 1. The van der Waals surface area contributed by atoms with E-state index >= 15 is 0 Å². The number of anilines is 1. The van der Waals surface area contributed by atoms with Crippen molar-refractivity contribution >= 4 is 63.9 Å². The summed E-state index contributed by atoms with van der Waals surface area (Å²) >= 11 is 19.3. The molecule has 1 fully saturated rings. The van der Waals surface area contributed by atoms with Gasteiger partial charge < -0.3 is 19.9 Å². The Kier molecular flexibility index (Phi) is 8.35. The van der Waals surface area contributed by atoms with Gasteiger partial charge in [-0.1, -0.05) is 29.3 Å². The number of nitrogens with one attached hydrogen (secondary N) is 2. The molecule has 0 radical (unpaired) electrons. The van der Waals surface area contributed by atoms with Crippen LogP contribution in [0.25, 0.3) is 0 Å². The number of phenols is 1. The van der Waals surface area contributed by atoms with Gasteiger partial charge in [0.2, 0.25) is 0 Å². The maximum absolute atomic E-state index is 12.9. The zero-order valence-electron chi connectivity index (χ0n) is 19.3. The first-order valence-corrected chi connectivity index (χ1v) is 13.1. The Morgan fingerprint density at radius 2 is 1.86 bits per heavy atom. The minimum absolute atomic E-state index is 0.0417. The number of hydrogen-bond donors (Lipinski definition) is 3. The molecular weight excluding hydrogens is 541 g/mol. The third-order valence-electron chi connectivity index (χ3n) is 5.17. The molecule has 2 atom stereocenters. The summed E-state index contributed by atoms with van der Waals surface area (Å²) in [6.45, 7) is 4.08. The number of nitrogens with zero attached hydrogens (tertiary/aromatic N) is 1. The number of carbonyl (C=O) groups excluding carboxylic acids is 1. The number of thioether (sulfide) groups is 1. The van der Waals surface area contributed by atoms with Crippen LogP contribution in [0.2, 0.25) is 10.0 Å². The van der Waals surface area contributed by atoms with Crippen molar-refractivity contribution in [2.24, 2.45) is 0 Å². The molecule has 0 unspecified atom stereocenters. The second kappa shape index (κ2) is 11.5. The number of amides is 1. The predicted octanol–water partition coefficient (Wildman–Crippen LogP) is 6.75. The molecule has 1 aliphatic heterocycles. The second-order valence-corrected chi connectivity index (χ2v) is 10.4. The normalized spacial score (nSPS) is 17.1. The first-order valence-electron chi connectivity index (χ1n) is 11.0. The fourth-order valence-corrected chi connectivity index (χ4v) is 5.24. The van der Waals surface area contributed by atoms with Gasteiger partial charge in [0, 0.05) is 10.7 Å². The minimum atomic E-state index is -0.370. The Balaban J connectivity index is 1.45. The highest BCUT2D eigenvalue weighted by Crippen LogP contribution is 2.44. The molecule has 1 heterocycles. The van der Waals surface area contributed by atoms with Crippen LogP contribution in [-0.2, 0) is 4.79 Å². The summed E-state index contributed by atoms with van der Waals surface area (Å²) in [5.41, 5.74) is 4.41. The van der Waals surface area contributed by atoms with E-state index in [-0.39, 0.29) is 27.4 Å². The zero-order chi connectivity index (χ0) is 25.8. The minimum Gasteiger partial charge on any atom is -0.504 e. The summed E-state index contributed by atoms with van der Waals surface area (Å²) < 4.78 is 11.3. The zero-order valence-corrected chi connectivity index (χ0v) is 22.5. The number of ether oxygens (including phenoxy) is 2. The second-order valence-electron chi connectivity index (χ2n) is 7.77.